The van der Waals surface area contributed by atoms with Crippen LogP contribution in [0.15, 0.2) is 36.5 Å². The molecule has 2 heterocycles. The summed E-state index contributed by atoms with van der Waals surface area (Å²) >= 11 is 0. The van der Waals surface area contributed by atoms with E-state index >= 15 is 0 Å². The molecule has 1 saturated carbocycles. The van der Waals surface area contributed by atoms with Gasteiger partial charge in [0.15, 0.2) is 0 Å². The maximum atomic E-state index is 4.29. The molecule has 3 heteroatoms. The van der Waals surface area contributed by atoms with Gasteiger partial charge in [0, 0.05) is 18.2 Å². The Morgan fingerprint density at radius 3 is 2.90 bits per heavy atom. The van der Waals surface area contributed by atoms with Crippen molar-refractivity contribution >= 4 is 0 Å². The van der Waals surface area contributed by atoms with E-state index in [9.17, 15) is 0 Å². The molecule has 1 aromatic carbocycles. The Bertz CT molecular complexity index is 604. The Balaban J connectivity index is 1.55. The standard InChI is InChI=1S/C18H23N3/c1-13-7-8-17-16(13)9-10-21(17)12-15-11-19-20-18(15)14-5-3-2-4-6-14/h2-6,11,13,16-17H,7-10,12H2,1H3,(H,19,20)/t13-,16-,17+/m0/s1. The fourth-order valence-corrected chi connectivity index (χ4v) is 4.35. The fourth-order valence-electron chi connectivity index (χ4n) is 4.35. The zero-order chi connectivity index (χ0) is 14.2. The number of benzene rings is 1. The third kappa shape index (κ3) is 2.30. The van der Waals surface area contributed by atoms with Crippen LogP contribution in [-0.2, 0) is 6.54 Å². The van der Waals surface area contributed by atoms with Crippen LogP contribution in [0.1, 0.15) is 31.7 Å². The van der Waals surface area contributed by atoms with Gasteiger partial charge in [-0.25, -0.2) is 0 Å². The van der Waals surface area contributed by atoms with Gasteiger partial charge in [0.2, 0.25) is 0 Å². The highest BCUT2D eigenvalue weighted by molar-refractivity contribution is 5.62. The number of aromatic nitrogens is 2. The molecule has 1 aromatic heterocycles. The number of fused-ring (bicyclic) bond motifs is 1. The second kappa shape index (κ2) is 5.30. The third-order valence-corrected chi connectivity index (χ3v) is 5.52. The molecule has 3 nitrogen and oxygen atoms in total. The minimum absolute atomic E-state index is 0.804. The van der Waals surface area contributed by atoms with Gasteiger partial charge < -0.3 is 0 Å². The van der Waals surface area contributed by atoms with Crippen molar-refractivity contribution in [3.63, 3.8) is 0 Å². The van der Waals surface area contributed by atoms with Crippen LogP contribution in [0.5, 0.6) is 0 Å². The number of H-pyrrole nitrogens is 1. The molecule has 2 aliphatic rings. The van der Waals surface area contributed by atoms with Crippen LogP contribution in [0.25, 0.3) is 11.3 Å². The summed E-state index contributed by atoms with van der Waals surface area (Å²) in [4.78, 5) is 2.69. The Hall–Kier alpha value is -1.61. The van der Waals surface area contributed by atoms with E-state index < -0.39 is 0 Å². The zero-order valence-corrected chi connectivity index (χ0v) is 12.6. The summed E-state index contributed by atoms with van der Waals surface area (Å²) in [5.74, 6) is 1.84. The normalized spacial score (nSPS) is 28.9. The largest absolute Gasteiger partial charge is 0.296 e. The summed E-state index contributed by atoms with van der Waals surface area (Å²) in [7, 11) is 0. The molecule has 0 radical (unpaired) electrons. The highest BCUT2D eigenvalue weighted by atomic mass is 15.2. The highest BCUT2D eigenvalue weighted by Crippen LogP contribution is 2.42. The Morgan fingerprint density at radius 2 is 2.05 bits per heavy atom. The first kappa shape index (κ1) is 13.1. The van der Waals surface area contributed by atoms with Gasteiger partial charge in [-0.1, -0.05) is 37.3 Å². The fraction of sp³-hybridized carbons (Fsp3) is 0.500. The molecule has 1 aliphatic carbocycles. The third-order valence-electron chi connectivity index (χ3n) is 5.52. The van der Waals surface area contributed by atoms with Crippen LogP contribution in [0.2, 0.25) is 0 Å². The molecule has 0 amide bonds. The van der Waals surface area contributed by atoms with E-state index in [-0.39, 0.29) is 0 Å². The summed E-state index contributed by atoms with van der Waals surface area (Å²) in [6.07, 6.45) is 6.17. The van der Waals surface area contributed by atoms with Crippen molar-refractivity contribution in [2.24, 2.45) is 11.8 Å². The highest BCUT2D eigenvalue weighted by Gasteiger charge is 2.41. The number of likely N-dealkylation sites (tertiary alicyclic amines) is 1. The van der Waals surface area contributed by atoms with E-state index in [1.54, 1.807) is 0 Å². The summed E-state index contributed by atoms with van der Waals surface area (Å²) < 4.78 is 0. The summed E-state index contributed by atoms with van der Waals surface area (Å²) in [5, 5.41) is 7.48. The lowest BCUT2D eigenvalue weighted by Crippen LogP contribution is -2.30. The van der Waals surface area contributed by atoms with Crippen molar-refractivity contribution in [2.75, 3.05) is 6.54 Å². The van der Waals surface area contributed by atoms with Gasteiger partial charge in [-0.05, 0) is 43.2 Å². The van der Waals surface area contributed by atoms with Crippen LogP contribution >= 0.6 is 0 Å². The van der Waals surface area contributed by atoms with Crippen molar-refractivity contribution in [3.05, 3.63) is 42.1 Å². The lowest BCUT2D eigenvalue weighted by atomic mass is 9.95. The second-order valence-corrected chi connectivity index (χ2v) is 6.68. The quantitative estimate of drug-likeness (QED) is 0.930. The number of hydrogen-bond donors (Lipinski definition) is 1. The first-order chi connectivity index (χ1) is 10.3. The zero-order valence-electron chi connectivity index (χ0n) is 12.6. The Labute approximate surface area is 126 Å². The van der Waals surface area contributed by atoms with Gasteiger partial charge in [-0.15, -0.1) is 0 Å². The summed E-state index contributed by atoms with van der Waals surface area (Å²) in [5.41, 5.74) is 3.76. The average molecular weight is 281 g/mol. The van der Waals surface area contributed by atoms with Crippen LogP contribution < -0.4 is 0 Å². The van der Waals surface area contributed by atoms with E-state index in [1.165, 1.54) is 42.6 Å². The minimum Gasteiger partial charge on any atom is -0.296 e. The molecule has 0 bridgehead atoms. The smallest absolute Gasteiger partial charge is 0.0695 e. The van der Waals surface area contributed by atoms with Gasteiger partial charge >= 0.3 is 0 Å². The molecule has 1 N–H and O–H groups in total. The van der Waals surface area contributed by atoms with E-state index in [1.807, 2.05) is 6.20 Å². The van der Waals surface area contributed by atoms with Crippen molar-refractivity contribution in [1.82, 2.24) is 15.1 Å². The maximum absolute atomic E-state index is 4.29. The number of nitrogens with one attached hydrogen (secondary N) is 1. The molecule has 1 aliphatic heterocycles. The van der Waals surface area contributed by atoms with Crippen LogP contribution in [0, 0.1) is 11.8 Å². The van der Waals surface area contributed by atoms with Gasteiger partial charge in [0.25, 0.3) is 0 Å². The maximum Gasteiger partial charge on any atom is 0.0695 e. The molecule has 0 spiro atoms. The average Bonchev–Trinajstić information content (AvgIpc) is 3.20. The lowest BCUT2D eigenvalue weighted by molar-refractivity contribution is 0.228. The molecule has 110 valence electrons. The molecular formula is C18H23N3. The molecule has 3 atom stereocenters. The van der Waals surface area contributed by atoms with E-state index in [4.69, 9.17) is 0 Å². The van der Waals surface area contributed by atoms with E-state index in [0.717, 1.165) is 24.4 Å². The lowest BCUT2D eigenvalue weighted by Gasteiger charge is -2.23. The van der Waals surface area contributed by atoms with Crippen LogP contribution in [0.4, 0.5) is 0 Å². The van der Waals surface area contributed by atoms with Crippen molar-refractivity contribution in [2.45, 2.75) is 38.8 Å². The van der Waals surface area contributed by atoms with Crippen molar-refractivity contribution in [3.8, 4) is 11.3 Å². The SMILES string of the molecule is C[C@H]1CC[C@@H]2[C@H]1CCN2Cc1cn[nH]c1-c1ccccc1. The molecule has 4 rings (SSSR count). The molecule has 2 fully saturated rings. The second-order valence-electron chi connectivity index (χ2n) is 6.68. The molecule has 21 heavy (non-hydrogen) atoms. The van der Waals surface area contributed by atoms with Gasteiger partial charge in [0.05, 0.1) is 11.9 Å². The van der Waals surface area contributed by atoms with Crippen molar-refractivity contribution in [1.29, 1.82) is 0 Å². The van der Waals surface area contributed by atoms with E-state index in [0.29, 0.717) is 0 Å². The van der Waals surface area contributed by atoms with Crippen molar-refractivity contribution < 1.29 is 0 Å². The van der Waals surface area contributed by atoms with Gasteiger partial charge in [-0.2, -0.15) is 5.10 Å². The number of hydrogen-bond acceptors (Lipinski definition) is 2. The minimum atomic E-state index is 0.804. The molecular weight excluding hydrogens is 258 g/mol. The molecule has 1 saturated heterocycles. The topological polar surface area (TPSA) is 31.9 Å². The summed E-state index contributed by atoms with van der Waals surface area (Å²) in [6.45, 7) is 4.72. The molecule has 0 unspecified atom stereocenters. The predicted octanol–water partition coefficient (Wildman–Crippen LogP) is 3.70. The van der Waals surface area contributed by atoms with Crippen LogP contribution in [-0.4, -0.2) is 27.7 Å². The number of nitrogens with zero attached hydrogens (tertiary/aromatic N) is 2. The predicted molar refractivity (Wildman–Crippen MR) is 84.7 cm³/mol. The van der Waals surface area contributed by atoms with Crippen LogP contribution in [0.3, 0.4) is 0 Å². The van der Waals surface area contributed by atoms with Gasteiger partial charge in [-0.3, -0.25) is 10.00 Å². The molecule has 2 aromatic rings. The Morgan fingerprint density at radius 1 is 1.19 bits per heavy atom. The monoisotopic (exact) mass is 281 g/mol. The first-order valence-corrected chi connectivity index (χ1v) is 8.14. The number of rotatable bonds is 3. The van der Waals surface area contributed by atoms with Gasteiger partial charge in [0.1, 0.15) is 0 Å². The first-order valence-electron chi connectivity index (χ1n) is 8.14. The summed E-state index contributed by atoms with van der Waals surface area (Å²) in [6, 6.07) is 11.3. The Kier molecular flexibility index (Phi) is 3.30. The van der Waals surface area contributed by atoms with E-state index in [2.05, 4.69) is 52.4 Å². The number of aromatic amines is 1.